The molecule has 1 heterocycles. The van der Waals surface area contributed by atoms with Crippen molar-refractivity contribution >= 4 is 17.8 Å². The molecule has 1 atom stereocenters. The van der Waals surface area contributed by atoms with Crippen molar-refractivity contribution in [2.75, 3.05) is 19.3 Å². The van der Waals surface area contributed by atoms with Gasteiger partial charge in [0.05, 0.1) is 0 Å². The first-order valence-corrected chi connectivity index (χ1v) is 7.76. The summed E-state index contributed by atoms with van der Waals surface area (Å²) in [5.74, 6) is -2.88. The van der Waals surface area contributed by atoms with Crippen molar-refractivity contribution in [3.63, 3.8) is 0 Å². The lowest BCUT2D eigenvalue weighted by molar-refractivity contribution is 0.206. The van der Waals surface area contributed by atoms with Crippen LogP contribution >= 0.6 is 11.8 Å². The molecule has 0 saturated carbocycles. The zero-order valence-electron chi connectivity index (χ0n) is 11.7. The van der Waals surface area contributed by atoms with E-state index in [2.05, 4.69) is 5.32 Å². The number of amides is 2. The lowest BCUT2D eigenvalue weighted by Gasteiger charge is -2.19. The number of hydrogen-bond donors (Lipinski definition) is 1. The van der Waals surface area contributed by atoms with E-state index < -0.39 is 17.5 Å². The van der Waals surface area contributed by atoms with E-state index in [4.69, 9.17) is 0 Å². The van der Waals surface area contributed by atoms with Crippen molar-refractivity contribution in [1.82, 2.24) is 10.2 Å². The molecule has 0 radical (unpaired) electrons. The van der Waals surface area contributed by atoms with E-state index in [1.54, 1.807) is 0 Å². The molecule has 1 aromatic carbocycles. The van der Waals surface area contributed by atoms with Crippen LogP contribution in [0.4, 0.5) is 18.0 Å². The first kappa shape index (κ1) is 16.0. The molecule has 0 aliphatic carbocycles. The fourth-order valence-corrected chi connectivity index (χ4v) is 3.39. The zero-order valence-corrected chi connectivity index (χ0v) is 12.5. The van der Waals surface area contributed by atoms with E-state index in [1.165, 1.54) is 11.9 Å². The van der Waals surface area contributed by atoms with Gasteiger partial charge in [0.25, 0.3) is 0 Å². The lowest BCUT2D eigenvalue weighted by Crippen LogP contribution is -2.39. The molecule has 3 nitrogen and oxygen atoms in total. The van der Waals surface area contributed by atoms with Crippen LogP contribution in [-0.4, -0.2) is 35.5 Å². The van der Waals surface area contributed by atoms with E-state index in [-0.39, 0.29) is 18.1 Å². The first-order chi connectivity index (χ1) is 9.97. The van der Waals surface area contributed by atoms with Crippen LogP contribution in [0.2, 0.25) is 0 Å². The number of nitrogens with zero attached hydrogens (tertiary/aromatic N) is 1. The van der Waals surface area contributed by atoms with Crippen molar-refractivity contribution in [2.45, 2.75) is 24.6 Å². The molecule has 1 aliphatic rings. The number of urea groups is 1. The van der Waals surface area contributed by atoms with Crippen molar-refractivity contribution in [2.24, 2.45) is 0 Å². The van der Waals surface area contributed by atoms with Crippen molar-refractivity contribution in [3.8, 4) is 0 Å². The Hall–Kier alpha value is -1.37. The molecule has 21 heavy (non-hydrogen) atoms. The Morgan fingerprint density at radius 1 is 1.38 bits per heavy atom. The maximum Gasteiger partial charge on any atom is 0.317 e. The van der Waals surface area contributed by atoms with Crippen LogP contribution in [0.3, 0.4) is 0 Å². The maximum atomic E-state index is 13.1. The molecule has 2 amide bonds. The maximum absolute atomic E-state index is 13.1. The van der Waals surface area contributed by atoms with Crippen LogP contribution in [0.1, 0.15) is 18.4 Å². The average Bonchev–Trinajstić information content (AvgIpc) is 2.95. The Morgan fingerprint density at radius 3 is 2.62 bits per heavy atom. The molecule has 1 N–H and O–H groups in total. The summed E-state index contributed by atoms with van der Waals surface area (Å²) in [6.07, 6.45) is 2.25. The number of thioether (sulfide) groups is 1. The van der Waals surface area contributed by atoms with Crippen LogP contribution < -0.4 is 5.32 Å². The number of halogens is 3. The molecule has 7 heteroatoms. The molecule has 0 aromatic heterocycles. The van der Waals surface area contributed by atoms with E-state index >= 15 is 0 Å². The predicted octanol–water partition coefficient (Wildman–Crippen LogP) is 3.14. The van der Waals surface area contributed by atoms with Crippen LogP contribution in [0.15, 0.2) is 12.1 Å². The van der Waals surface area contributed by atoms with Gasteiger partial charge in [0.1, 0.15) is 0 Å². The quantitative estimate of drug-likeness (QED) is 0.865. The summed E-state index contributed by atoms with van der Waals surface area (Å²) >= 11 is 1.83. The summed E-state index contributed by atoms with van der Waals surface area (Å²) < 4.78 is 39.1. The van der Waals surface area contributed by atoms with Gasteiger partial charge < -0.3 is 10.2 Å². The van der Waals surface area contributed by atoms with Gasteiger partial charge in [-0.15, -0.1) is 0 Å². The first-order valence-electron chi connectivity index (χ1n) is 6.71. The fourth-order valence-electron chi connectivity index (χ4n) is 2.19. The number of rotatable bonds is 4. The minimum Gasteiger partial charge on any atom is -0.337 e. The summed E-state index contributed by atoms with van der Waals surface area (Å²) in [5.41, 5.74) is 0.208. The van der Waals surface area contributed by atoms with Crippen molar-refractivity contribution in [3.05, 3.63) is 35.1 Å². The van der Waals surface area contributed by atoms with Gasteiger partial charge in [0, 0.05) is 25.4 Å². The van der Waals surface area contributed by atoms with Gasteiger partial charge >= 0.3 is 6.03 Å². The van der Waals surface area contributed by atoms with Crippen LogP contribution in [-0.2, 0) is 6.54 Å². The molecular weight excluding hydrogens is 301 g/mol. The Kier molecular flexibility index (Phi) is 5.39. The summed E-state index contributed by atoms with van der Waals surface area (Å²) in [6.45, 7) is 0.595. The highest BCUT2D eigenvalue weighted by atomic mass is 32.2. The predicted molar refractivity (Wildman–Crippen MR) is 76.7 cm³/mol. The minimum atomic E-state index is -1.50. The highest BCUT2D eigenvalue weighted by Crippen LogP contribution is 2.25. The topological polar surface area (TPSA) is 32.3 Å². The average molecular weight is 318 g/mol. The second-order valence-electron chi connectivity index (χ2n) is 5.05. The second-order valence-corrected chi connectivity index (χ2v) is 6.46. The molecule has 1 aliphatic heterocycles. The Balaban J connectivity index is 1.87. The number of carbonyl (C=O) groups is 1. The number of nitrogens with one attached hydrogen (secondary N) is 1. The molecule has 1 saturated heterocycles. The minimum absolute atomic E-state index is 0.0117. The standard InChI is InChI=1S/C14H17F3N2OS/c1-19(14(20)18-7-10-3-2-4-21-10)8-9-5-11(15)13(17)12(16)6-9/h5-6,10H,2-4,7-8H2,1H3,(H,18,20)/t10-/m0/s1. The molecule has 0 spiro atoms. The van der Waals surface area contributed by atoms with Crippen LogP contribution in [0.25, 0.3) is 0 Å². The lowest BCUT2D eigenvalue weighted by atomic mass is 10.2. The normalized spacial score (nSPS) is 17.8. The summed E-state index contributed by atoms with van der Waals surface area (Å²) in [5, 5.41) is 3.22. The van der Waals surface area contributed by atoms with E-state index in [1.807, 2.05) is 11.8 Å². The fraction of sp³-hybridized carbons (Fsp3) is 0.500. The van der Waals surface area contributed by atoms with Gasteiger partial charge in [0.2, 0.25) is 0 Å². The van der Waals surface area contributed by atoms with Crippen LogP contribution in [0, 0.1) is 17.5 Å². The van der Waals surface area contributed by atoms with Crippen LogP contribution in [0.5, 0.6) is 0 Å². The summed E-state index contributed by atoms with van der Waals surface area (Å²) in [4.78, 5) is 13.2. The summed E-state index contributed by atoms with van der Waals surface area (Å²) in [7, 11) is 1.52. The molecule has 1 fully saturated rings. The Bertz CT molecular complexity index is 498. The third-order valence-corrected chi connectivity index (χ3v) is 4.71. The van der Waals surface area contributed by atoms with E-state index in [9.17, 15) is 18.0 Å². The van der Waals surface area contributed by atoms with E-state index in [0.717, 1.165) is 30.7 Å². The van der Waals surface area contributed by atoms with Gasteiger partial charge in [0.15, 0.2) is 17.5 Å². The zero-order chi connectivity index (χ0) is 15.4. The highest BCUT2D eigenvalue weighted by molar-refractivity contribution is 8.00. The molecule has 2 rings (SSSR count). The third-order valence-electron chi connectivity index (χ3n) is 3.31. The number of carbonyl (C=O) groups excluding carboxylic acids is 1. The largest absolute Gasteiger partial charge is 0.337 e. The van der Waals surface area contributed by atoms with Gasteiger partial charge in [-0.1, -0.05) is 0 Å². The van der Waals surface area contributed by atoms with Crippen molar-refractivity contribution in [1.29, 1.82) is 0 Å². The second kappa shape index (κ2) is 7.06. The summed E-state index contributed by atoms with van der Waals surface area (Å²) in [6, 6.07) is 1.48. The molecule has 0 unspecified atom stereocenters. The van der Waals surface area contributed by atoms with Gasteiger partial charge in [-0.25, -0.2) is 18.0 Å². The van der Waals surface area contributed by atoms with Gasteiger partial charge in [-0.2, -0.15) is 11.8 Å². The molecule has 116 valence electrons. The highest BCUT2D eigenvalue weighted by Gasteiger charge is 2.18. The monoisotopic (exact) mass is 318 g/mol. The molecular formula is C14H17F3N2OS. The molecule has 0 bridgehead atoms. The Labute approximate surface area is 125 Å². The van der Waals surface area contributed by atoms with Crippen molar-refractivity contribution < 1.29 is 18.0 Å². The smallest absolute Gasteiger partial charge is 0.317 e. The molecule has 1 aromatic rings. The number of hydrogen-bond acceptors (Lipinski definition) is 2. The van der Waals surface area contributed by atoms with E-state index in [0.29, 0.717) is 11.8 Å². The third kappa shape index (κ3) is 4.30. The van der Waals surface area contributed by atoms with Gasteiger partial charge in [-0.05, 0) is 36.3 Å². The SMILES string of the molecule is CN(Cc1cc(F)c(F)c(F)c1)C(=O)NC[C@@H]1CCCS1. The van der Waals surface area contributed by atoms with Gasteiger partial charge in [-0.3, -0.25) is 0 Å². The number of benzene rings is 1. The Morgan fingerprint density at radius 2 is 2.05 bits per heavy atom.